The fraction of sp³-hybridized carbons (Fsp3) is 0.385. The monoisotopic (exact) mass is 202 g/mol. The molecule has 2 N–H and O–H groups in total. The summed E-state index contributed by atoms with van der Waals surface area (Å²) in [5, 5.41) is 0. The van der Waals surface area contributed by atoms with Gasteiger partial charge in [0.25, 0.3) is 0 Å². The topological polar surface area (TPSA) is 29.3 Å². The highest BCUT2D eigenvalue weighted by Crippen LogP contribution is 2.24. The minimum atomic E-state index is 0.930. The van der Waals surface area contributed by atoms with Crippen LogP contribution in [0.2, 0.25) is 0 Å². The van der Waals surface area contributed by atoms with E-state index in [0.717, 1.165) is 31.7 Å². The maximum atomic E-state index is 5.99. The summed E-state index contributed by atoms with van der Waals surface area (Å²) in [6.07, 6.45) is 1.10. The van der Waals surface area contributed by atoms with Gasteiger partial charge < -0.3 is 5.73 Å². The Hall–Kier alpha value is -1.28. The predicted octanol–water partition coefficient (Wildman–Crippen LogP) is 2.20. The van der Waals surface area contributed by atoms with Gasteiger partial charge in [-0.15, -0.1) is 0 Å². The Morgan fingerprint density at radius 2 is 2.33 bits per heavy atom. The third-order valence-corrected chi connectivity index (χ3v) is 2.88. The molecule has 1 aliphatic heterocycles. The van der Waals surface area contributed by atoms with E-state index in [1.165, 1.54) is 16.7 Å². The van der Waals surface area contributed by atoms with E-state index in [0.29, 0.717) is 0 Å². The van der Waals surface area contributed by atoms with E-state index in [1.54, 1.807) is 0 Å². The van der Waals surface area contributed by atoms with E-state index in [-0.39, 0.29) is 0 Å². The Kier molecular flexibility index (Phi) is 2.78. The van der Waals surface area contributed by atoms with Crippen LogP contribution in [0.1, 0.15) is 18.1 Å². The van der Waals surface area contributed by atoms with E-state index in [1.807, 2.05) is 12.1 Å². The molecule has 2 nitrogen and oxygen atoms in total. The molecule has 1 aromatic rings. The maximum Gasteiger partial charge on any atom is 0.0362 e. The van der Waals surface area contributed by atoms with Crippen LogP contribution >= 0.6 is 0 Å². The minimum Gasteiger partial charge on any atom is -0.398 e. The molecule has 0 atom stereocenters. The molecule has 15 heavy (non-hydrogen) atoms. The summed E-state index contributed by atoms with van der Waals surface area (Å²) in [7, 11) is 0. The second kappa shape index (κ2) is 4.07. The molecule has 0 unspecified atom stereocenters. The zero-order valence-corrected chi connectivity index (χ0v) is 9.29. The maximum absolute atomic E-state index is 5.99. The number of nitrogens with two attached hydrogens (primary N) is 1. The third kappa shape index (κ3) is 2.21. The summed E-state index contributed by atoms with van der Waals surface area (Å²) in [5.74, 6) is 0. The summed E-state index contributed by atoms with van der Waals surface area (Å²) in [4.78, 5) is 2.40. The predicted molar refractivity (Wildman–Crippen MR) is 64.6 cm³/mol. The van der Waals surface area contributed by atoms with Crippen molar-refractivity contribution in [2.75, 3.05) is 18.8 Å². The fourth-order valence-electron chi connectivity index (χ4n) is 2.18. The molecule has 0 spiro atoms. The number of nitrogens with zero attached hydrogens (tertiary/aromatic N) is 1. The largest absolute Gasteiger partial charge is 0.398 e. The van der Waals surface area contributed by atoms with Crippen molar-refractivity contribution in [3.8, 4) is 0 Å². The van der Waals surface area contributed by atoms with Crippen molar-refractivity contribution in [2.24, 2.45) is 0 Å². The lowest BCUT2D eigenvalue weighted by Gasteiger charge is -2.29. The van der Waals surface area contributed by atoms with Gasteiger partial charge in [-0.05, 0) is 30.5 Å². The number of hydrogen-bond acceptors (Lipinski definition) is 2. The van der Waals surface area contributed by atoms with Gasteiger partial charge in [-0.1, -0.05) is 24.3 Å². The standard InChI is InChI=1S/C13H18N2/c1-10(2)8-15-7-6-11-4-3-5-13(14)12(11)9-15/h3-5H,1,6-9,14H2,2H3. The molecule has 0 radical (unpaired) electrons. The van der Waals surface area contributed by atoms with Crippen molar-refractivity contribution < 1.29 is 0 Å². The highest BCUT2D eigenvalue weighted by molar-refractivity contribution is 5.51. The van der Waals surface area contributed by atoms with Crippen LogP contribution in [0.15, 0.2) is 30.4 Å². The van der Waals surface area contributed by atoms with Gasteiger partial charge in [0, 0.05) is 25.3 Å². The van der Waals surface area contributed by atoms with Crippen LogP contribution in [0.5, 0.6) is 0 Å². The van der Waals surface area contributed by atoms with Gasteiger partial charge in [0.1, 0.15) is 0 Å². The number of benzene rings is 1. The number of fused-ring (bicyclic) bond motifs is 1. The second-order valence-corrected chi connectivity index (χ2v) is 4.40. The molecular weight excluding hydrogens is 184 g/mol. The number of nitrogen functional groups attached to an aromatic ring is 1. The van der Waals surface area contributed by atoms with E-state index in [2.05, 4.69) is 24.5 Å². The lowest BCUT2D eigenvalue weighted by atomic mass is 9.98. The van der Waals surface area contributed by atoms with Crippen LogP contribution in [0.25, 0.3) is 0 Å². The average Bonchev–Trinajstić information content (AvgIpc) is 2.18. The molecule has 1 aliphatic rings. The van der Waals surface area contributed by atoms with E-state index in [4.69, 9.17) is 5.73 Å². The van der Waals surface area contributed by atoms with Crippen LogP contribution < -0.4 is 5.73 Å². The van der Waals surface area contributed by atoms with Crippen LogP contribution in [0, 0.1) is 0 Å². The van der Waals surface area contributed by atoms with Crippen LogP contribution in [0.3, 0.4) is 0 Å². The van der Waals surface area contributed by atoms with E-state index in [9.17, 15) is 0 Å². The van der Waals surface area contributed by atoms with Crippen molar-refractivity contribution in [1.82, 2.24) is 4.90 Å². The lowest BCUT2D eigenvalue weighted by molar-refractivity contribution is 0.276. The Balaban J connectivity index is 2.18. The number of hydrogen-bond donors (Lipinski definition) is 1. The van der Waals surface area contributed by atoms with Gasteiger partial charge in [0.15, 0.2) is 0 Å². The zero-order valence-electron chi connectivity index (χ0n) is 9.29. The molecule has 0 amide bonds. The summed E-state index contributed by atoms with van der Waals surface area (Å²) in [6.45, 7) is 9.09. The van der Waals surface area contributed by atoms with Crippen LogP contribution in [0.4, 0.5) is 5.69 Å². The second-order valence-electron chi connectivity index (χ2n) is 4.40. The summed E-state index contributed by atoms with van der Waals surface area (Å²) < 4.78 is 0. The van der Waals surface area contributed by atoms with E-state index >= 15 is 0 Å². The van der Waals surface area contributed by atoms with Gasteiger partial charge in [-0.2, -0.15) is 0 Å². The molecule has 2 heteroatoms. The molecule has 80 valence electrons. The SMILES string of the molecule is C=C(C)CN1CCc2cccc(N)c2C1. The van der Waals surface area contributed by atoms with Crippen LogP contribution in [-0.4, -0.2) is 18.0 Å². The van der Waals surface area contributed by atoms with Gasteiger partial charge in [0.05, 0.1) is 0 Å². The molecule has 0 aliphatic carbocycles. The van der Waals surface area contributed by atoms with Crippen molar-refractivity contribution >= 4 is 5.69 Å². The van der Waals surface area contributed by atoms with Gasteiger partial charge >= 0.3 is 0 Å². The molecule has 0 bridgehead atoms. The summed E-state index contributed by atoms with van der Waals surface area (Å²) in [5.41, 5.74) is 10.9. The first-order valence-electron chi connectivity index (χ1n) is 5.40. The molecule has 2 rings (SSSR count). The number of anilines is 1. The Labute approximate surface area is 91.4 Å². The Morgan fingerprint density at radius 3 is 3.07 bits per heavy atom. The molecule has 1 aromatic carbocycles. The van der Waals surface area contributed by atoms with Crippen molar-refractivity contribution in [1.29, 1.82) is 0 Å². The third-order valence-electron chi connectivity index (χ3n) is 2.88. The molecule has 0 aromatic heterocycles. The van der Waals surface area contributed by atoms with Crippen molar-refractivity contribution in [2.45, 2.75) is 19.9 Å². The quantitative estimate of drug-likeness (QED) is 0.588. The van der Waals surface area contributed by atoms with Crippen molar-refractivity contribution in [3.05, 3.63) is 41.5 Å². The zero-order chi connectivity index (χ0) is 10.8. The lowest BCUT2D eigenvalue weighted by Crippen LogP contribution is -2.32. The highest BCUT2D eigenvalue weighted by atomic mass is 15.1. The highest BCUT2D eigenvalue weighted by Gasteiger charge is 2.17. The molecular formula is C13H18N2. The Morgan fingerprint density at radius 1 is 1.53 bits per heavy atom. The smallest absolute Gasteiger partial charge is 0.0362 e. The Bertz CT molecular complexity index is 382. The summed E-state index contributed by atoms with van der Waals surface area (Å²) >= 11 is 0. The molecule has 1 heterocycles. The average molecular weight is 202 g/mol. The molecule has 0 saturated carbocycles. The van der Waals surface area contributed by atoms with Gasteiger partial charge in [-0.3, -0.25) is 4.90 Å². The first kappa shape index (κ1) is 10.2. The number of rotatable bonds is 2. The van der Waals surface area contributed by atoms with E-state index < -0.39 is 0 Å². The first-order chi connectivity index (χ1) is 7.16. The van der Waals surface area contributed by atoms with Gasteiger partial charge in [-0.25, -0.2) is 0 Å². The van der Waals surface area contributed by atoms with Crippen LogP contribution in [-0.2, 0) is 13.0 Å². The normalized spacial score (nSPS) is 16.1. The fourth-order valence-corrected chi connectivity index (χ4v) is 2.18. The minimum absolute atomic E-state index is 0.930. The van der Waals surface area contributed by atoms with Gasteiger partial charge in [0.2, 0.25) is 0 Å². The molecule has 0 fully saturated rings. The van der Waals surface area contributed by atoms with Crippen molar-refractivity contribution in [3.63, 3.8) is 0 Å². The molecule has 0 saturated heterocycles. The first-order valence-corrected chi connectivity index (χ1v) is 5.40. The summed E-state index contributed by atoms with van der Waals surface area (Å²) in [6, 6.07) is 6.22.